The average Bonchev–Trinajstić information content (AvgIpc) is 2.36. The van der Waals surface area contributed by atoms with Crippen molar-refractivity contribution in [1.82, 2.24) is 10.6 Å². The van der Waals surface area contributed by atoms with Crippen LogP contribution in [0.3, 0.4) is 0 Å². The van der Waals surface area contributed by atoms with E-state index in [2.05, 4.69) is 10.6 Å². The minimum atomic E-state index is -0.158. The molecule has 1 aliphatic heterocycles. The molecule has 0 radical (unpaired) electrons. The fourth-order valence-corrected chi connectivity index (χ4v) is 1.31. The van der Waals surface area contributed by atoms with Gasteiger partial charge in [0.15, 0.2) is 0 Å². The Morgan fingerprint density at radius 2 is 2.40 bits per heavy atom. The Morgan fingerprint density at radius 1 is 1.70 bits per heavy atom. The predicted octanol–water partition coefficient (Wildman–Crippen LogP) is -0.268. The van der Waals surface area contributed by atoms with Gasteiger partial charge >= 0.3 is 0 Å². The van der Waals surface area contributed by atoms with Crippen LogP contribution in [-0.2, 0) is 4.79 Å². The maximum atomic E-state index is 11.2. The van der Waals surface area contributed by atoms with Crippen molar-refractivity contribution in [2.45, 2.75) is 13.3 Å². The first-order chi connectivity index (χ1) is 4.69. The second-order valence-electron chi connectivity index (χ2n) is 3.07. The lowest BCUT2D eigenvalue weighted by Gasteiger charge is -2.19. The summed E-state index contributed by atoms with van der Waals surface area (Å²) in [6.07, 6.45) is 0.951. The van der Waals surface area contributed by atoms with Crippen LogP contribution in [0.25, 0.3) is 0 Å². The second-order valence-corrected chi connectivity index (χ2v) is 3.07. The van der Waals surface area contributed by atoms with Crippen LogP contribution in [0.5, 0.6) is 0 Å². The Hall–Kier alpha value is -0.570. The molecule has 10 heavy (non-hydrogen) atoms. The van der Waals surface area contributed by atoms with E-state index >= 15 is 0 Å². The highest BCUT2D eigenvalue weighted by Crippen LogP contribution is 2.23. The molecule has 58 valence electrons. The summed E-state index contributed by atoms with van der Waals surface area (Å²) in [5, 5.41) is 5.84. The molecular formula is C7H14N2O. The van der Waals surface area contributed by atoms with E-state index in [-0.39, 0.29) is 11.3 Å². The van der Waals surface area contributed by atoms with Crippen molar-refractivity contribution in [2.24, 2.45) is 5.41 Å². The molecule has 1 heterocycles. The molecule has 1 unspecified atom stereocenters. The average molecular weight is 142 g/mol. The van der Waals surface area contributed by atoms with E-state index in [4.69, 9.17) is 0 Å². The topological polar surface area (TPSA) is 41.1 Å². The monoisotopic (exact) mass is 142 g/mol. The molecule has 1 amide bonds. The first-order valence-corrected chi connectivity index (χ1v) is 3.62. The molecule has 0 spiro atoms. The molecule has 3 heteroatoms. The SMILES string of the molecule is CNC(=O)C1(C)CCNC1. The standard InChI is InChI=1S/C7H14N2O/c1-7(6(10)8-2)3-4-9-5-7/h9H,3-5H2,1-2H3,(H,8,10). The van der Waals surface area contributed by atoms with E-state index < -0.39 is 0 Å². The lowest BCUT2D eigenvalue weighted by Crippen LogP contribution is -2.38. The van der Waals surface area contributed by atoms with E-state index in [0.29, 0.717) is 0 Å². The molecule has 0 saturated carbocycles. The molecule has 0 aromatic carbocycles. The quantitative estimate of drug-likeness (QED) is 0.529. The first-order valence-electron chi connectivity index (χ1n) is 3.62. The number of nitrogens with one attached hydrogen (secondary N) is 2. The van der Waals surface area contributed by atoms with E-state index in [1.54, 1.807) is 7.05 Å². The molecule has 2 N–H and O–H groups in total. The molecule has 0 aromatic heterocycles. The van der Waals surface area contributed by atoms with Gasteiger partial charge in [-0.15, -0.1) is 0 Å². The highest BCUT2D eigenvalue weighted by Gasteiger charge is 2.35. The van der Waals surface area contributed by atoms with Gasteiger partial charge in [0.2, 0.25) is 5.91 Å². The zero-order valence-electron chi connectivity index (χ0n) is 6.53. The van der Waals surface area contributed by atoms with E-state index in [1.165, 1.54) is 0 Å². The molecule has 1 rings (SSSR count). The largest absolute Gasteiger partial charge is 0.359 e. The zero-order valence-corrected chi connectivity index (χ0v) is 6.53. The van der Waals surface area contributed by atoms with Gasteiger partial charge in [-0.25, -0.2) is 0 Å². The highest BCUT2D eigenvalue weighted by molar-refractivity contribution is 5.82. The van der Waals surface area contributed by atoms with Crippen molar-refractivity contribution in [1.29, 1.82) is 0 Å². The Kier molecular flexibility index (Phi) is 1.94. The summed E-state index contributed by atoms with van der Waals surface area (Å²) in [6.45, 7) is 3.77. The summed E-state index contributed by atoms with van der Waals surface area (Å²) in [7, 11) is 1.69. The summed E-state index contributed by atoms with van der Waals surface area (Å²) in [5.41, 5.74) is -0.158. The summed E-state index contributed by atoms with van der Waals surface area (Å²) < 4.78 is 0. The Balaban J connectivity index is 2.58. The van der Waals surface area contributed by atoms with Crippen molar-refractivity contribution < 1.29 is 4.79 Å². The van der Waals surface area contributed by atoms with Crippen molar-refractivity contribution in [2.75, 3.05) is 20.1 Å². The Labute approximate surface area is 61.2 Å². The van der Waals surface area contributed by atoms with Crippen molar-refractivity contribution >= 4 is 5.91 Å². The van der Waals surface area contributed by atoms with E-state index in [9.17, 15) is 4.79 Å². The maximum Gasteiger partial charge on any atom is 0.227 e. The Morgan fingerprint density at radius 3 is 2.80 bits per heavy atom. The van der Waals surface area contributed by atoms with E-state index in [1.807, 2.05) is 6.92 Å². The summed E-state index contributed by atoms with van der Waals surface area (Å²) in [5.74, 6) is 0.150. The number of hydrogen-bond acceptors (Lipinski definition) is 2. The van der Waals surface area contributed by atoms with Gasteiger partial charge in [0.05, 0.1) is 5.41 Å². The minimum absolute atomic E-state index is 0.150. The first kappa shape index (κ1) is 7.54. The predicted molar refractivity (Wildman–Crippen MR) is 39.7 cm³/mol. The third kappa shape index (κ3) is 1.14. The normalized spacial score (nSPS) is 32.2. The molecule has 1 fully saturated rings. The summed E-state index contributed by atoms with van der Waals surface area (Å²) >= 11 is 0. The second kappa shape index (κ2) is 2.58. The van der Waals surface area contributed by atoms with Gasteiger partial charge in [0.25, 0.3) is 0 Å². The number of hydrogen-bond donors (Lipinski definition) is 2. The molecule has 3 nitrogen and oxygen atoms in total. The van der Waals surface area contributed by atoms with Gasteiger partial charge in [-0.05, 0) is 19.9 Å². The molecule has 0 aliphatic carbocycles. The van der Waals surface area contributed by atoms with Crippen LogP contribution in [0.15, 0.2) is 0 Å². The minimum Gasteiger partial charge on any atom is -0.359 e. The third-order valence-electron chi connectivity index (χ3n) is 2.14. The molecule has 1 aliphatic rings. The lowest BCUT2D eigenvalue weighted by molar-refractivity contribution is -0.128. The maximum absolute atomic E-state index is 11.2. The van der Waals surface area contributed by atoms with Gasteiger partial charge in [-0.1, -0.05) is 0 Å². The zero-order chi connectivity index (χ0) is 7.61. The number of rotatable bonds is 1. The van der Waals surface area contributed by atoms with Crippen LogP contribution < -0.4 is 10.6 Å². The molecule has 1 atom stereocenters. The lowest BCUT2D eigenvalue weighted by atomic mass is 9.89. The van der Waals surface area contributed by atoms with Gasteiger partial charge in [0, 0.05) is 13.6 Å². The third-order valence-corrected chi connectivity index (χ3v) is 2.14. The van der Waals surface area contributed by atoms with Gasteiger partial charge in [0.1, 0.15) is 0 Å². The van der Waals surface area contributed by atoms with Gasteiger partial charge < -0.3 is 10.6 Å². The van der Waals surface area contributed by atoms with Crippen LogP contribution in [0.1, 0.15) is 13.3 Å². The van der Waals surface area contributed by atoms with Crippen molar-refractivity contribution in [3.05, 3.63) is 0 Å². The van der Waals surface area contributed by atoms with Gasteiger partial charge in [-0.2, -0.15) is 0 Å². The molecular weight excluding hydrogens is 128 g/mol. The van der Waals surface area contributed by atoms with Crippen LogP contribution in [0, 0.1) is 5.41 Å². The Bertz CT molecular complexity index is 139. The van der Waals surface area contributed by atoms with Gasteiger partial charge in [-0.3, -0.25) is 4.79 Å². The smallest absolute Gasteiger partial charge is 0.227 e. The van der Waals surface area contributed by atoms with Crippen LogP contribution in [0.2, 0.25) is 0 Å². The number of amides is 1. The fourth-order valence-electron chi connectivity index (χ4n) is 1.31. The number of carbonyl (C=O) groups is 1. The van der Waals surface area contributed by atoms with Crippen LogP contribution >= 0.6 is 0 Å². The van der Waals surface area contributed by atoms with Crippen molar-refractivity contribution in [3.63, 3.8) is 0 Å². The fraction of sp³-hybridized carbons (Fsp3) is 0.857. The number of carbonyl (C=O) groups excluding carboxylic acids is 1. The van der Waals surface area contributed by atoms with Crippen LogP contribution in [0.4, 0.5) is 0 Å². The highest BCUT2D eigenvalue weighted by atomic mass is 16.2. The van der Waals surface area contributed by atoms with Crippen molar-refractivity contribution in [3.8, 4) is 0 Å². The molecule has 0 bridgehead atoms. The van der Waals surface area contributed by atoms with Crippen LogP contribution in [-0.4, -0.2) is 26.0 Å². The molecule has 0 aromatic rings. The summed E-state index contributed by atoms with van der Waals surface area (Å²) in [6, 6.07) is 0. The van der Waals surface area contributed by atoms with E-state index in [0.717, 1.165) is 19.5 Å². The molecule has 1 saturated heterocycles. The summed E-state index contributed by atoms with van der Waals surface area (Å²) in [4.78, 5) is 11.2.